The zero-order chi connectivity index (χ0) is 14.5. The number of aromatic nitrogens is 1. The number of anilines is 1. The van der Waals surface area contributed by atoms with Gasteiger partial charge in [0.2, 0.25) is 0 Å². The molecule has 0 bridgehead atoms. The van der Waals surface area contributed by atoms with Crippen LogP contribution in [0.15, 0.2) is 12.3 Å². The largest absolute Gasteiger partial charge is 0.368 e. The van der Waals surface area contributed by atoms with Crippen LogP contribution in [0.2, 0.25) is 0 Å². The van der Waals surface area contributed by atoms with E-state index in [1.165, 1.54) is 25.5 Å². The van der Waals surface area contributed by atoms with Crippen LogP contribution in [-0.4, -0.2) is 40.5 Å². The summed E-state index contributed by atoms with van der Waals surface area (Å²) in [5, 5.41) is 14.1. The molecule has 1 aromatic rings. The zero-order valence-electron chi connectivity index (χ0n) is 12.1. The highest BCUT2D eigenvalue weighted by atomic mass is 16.6. The van der Waals surface area contributed by atoms with E-state index in [1.54, 1.807) is 13.0 Å². The van der Waals surface area contributed by atoms with E-state index in [0.717, 1.165) is 25.5 Å². The van der Waals surface area contributed by atoms with Crippen molar-refractivity contribution < 1.29 is 4.92 Å². The van der Waals surface area contributed by atoms with E-state index in [2.05, 4.69) is 22.1 Å². The number of piperidine rings is 1. The van der Waals surface area contributed by atoms with Gasteiger partial charge in [0.05, 0.1) is 4.92 Å². The Bertz CT molecular complexity index is 478. The third-order valence-electron chi connectivity index (χ3n) is 3.95. The summed E-state index contributed by atoms with van der Waals surface area (Å²) in [5.74, 6) is 0.717. The summed E-state index contributed by atoms with van der Waals surface area (Å²) in [4.78, 5) is 17.0. The Kier molecular flexibility index (Phi) is 4.89. The van der Waals surface area contributed by atoms with Crippen molar-refractivity contribution in [2.24, 2.45) is 0 Å². The first-order chi connectivity index (χ1) is 9.61. The van der Waals surface area contributed by atoms with Gasteiger partial charge >= 0.3 is 0 Å². The van der Waals surface area contributed by atoms with Crippen LogP contribution in [0, 0.1) is 17.0 Å². The number of likely N-dealkylation sites (N-methyl/N-ethyl adjacent to an activating group) is 1. The highest BCUT2D eigenvalue weighted by molar-refractivity contribution is 5.46. The number of hydrogen-bond donors (Lipinski definition) is 1. The van der Waals surface area contributed by atoms with Gasteiger partial charge in [0, 0.05) is 18.2 Å². The first kappa shape index (κ1) is 14.7. The third-order valence-corrected chi connectivity index (χ3v) is 3.95. The molecular formula is C14H22N4O2. The molecule has 1 atom stereocenters. The minimum Gasteiger partial charge on any atom is -0.368 e. The second-order valence-electron chi connectivity index (χ2n) is 5.27. The Labute approximate surface area is 119 Å². The van der Waals surface area contributed by atoms with Crippen LogP contribution in [0.5, 0.6) is 0 Å². The molecule has 1 aliphatic heterocycles. The lowest BCUT2D eigenvalue weighted by Crippen LogP contribution is -2.43. The lowest BCUT2D eigenvalue weighted by molar-refractivity contribution is -0.385. The number of nitrogens with one attached hydrogen (secondary N) is 1. The number of aryl methyl sites for hydroxylation is 1. The van der Waals surface area contributed by atoms with Crippen LogP contribution in [0.3, 0.4) is 0 Å². The van der Waals surface area contributed by atoms with Crippen LogP contribution < -0.4 is 5.32 Å². The van der Waals surface area contributed by atoms with Crippen LogP contribution in [0.1, 0.15) is 31.7 Å². The first-order valence-corrected chi connectivity index (χ1v) is 7.20. The SMILES string of the molecule is CCN1CCCCC1CNc1cc(C)c([N+](=O)[O-])cn1. The van der Waals surface area contributed by atoms with Crippen molar-refractivity contribution in [2.45, 2.75) is 39.2 Å². The molecule has 1 N–H and O–H groups in total. The fraction of sp³-hybridized carbons (Fsp3) is 0.643. The second-order valence-corrected chi connectivity index (χ2v) is 5.27. The lowest BCUT2D eigenvalue weighted by Gasteiger charge is -2.35. The third kappa shape index (κ3) is 3.45. The summed E-state index contributed by atoms with van der Waals surface area (Å²) in [6.45, 7) is 7.00. The molecule has 2 rings (SSSR count). The van der Waals surface area contributed by atoms with Crippen LogP contribution in [-0.2, 0) is 0 Å². The van der Waals surface area contributed by atoms with Gasteiger partial charge in [-0.1, -0.05) is 13.3 Å². The molecule has 20 heavy (non-hydrogen) atoms. The molecule has 0 aliphatic carbocycles. The lowest BCUT2D eigenvalue weighted by atomic mass is 10.0. The van der Waals surface area contributed by atoms with Crippen molar-refractivity contribution in [1.82, 2.24) is 9.88 Å². The van der Waals surface area contributed by atoms with Gasteiger partial charge in [-0.25, -0.2) is 4.98 Å². The van der Waals surface area contributed by atoms with E-state index in [1.807, 2.05) is 0 Å². The molecule has 6 heteroatoms. The Morgan fingerprint density at radius 1 is 1.55 bits per heavy atom. The predicted octanol–water partition coefficient (Wildman–Crippen LogP) is 2.58. The summed E-state index contributed by atoms with van der Waals surface area (Å²) in [6, 6.07) is 2.28. The van der Waals surface area contributed by atoms with Gasteiger partial charge in [0.15, 0.2) is 0 Å². The van der Waals surface area contributed by atoms with Gasteiger partial charge in [0.25, 0.3) is 5.69 Å². The van der Waals surface area contributed by atoms with Crippen molar-refractivity contribution in [3.8, 4) is 0 Å². The van der Waals surface area contributed by atoms with Crippen LogP contribution in [0.4, 0.5) is 11.5 Å². The molecular weight excluding hydrogens is 256 g/mol. The molecule has 110 valence electrons. The van der Waals surface area contributed by atoms with E-state index in [4.69, 9.17) is 0 Å². The predicted molar refractivity (Wildman–Crippen MR) is 79.0 cm³/mol. The van der Waals surface area contributed by atoms with Gasteiger partial charge in [0.1, 0.15) is 12.0 Å². The fourth-order valence-electron chi connectivity index (χ4n) is 2.77. The summed E-state index contributed by atoms with van der Waals surface area (Å²) < 4.78 is 0. The maximum absolute atomic E-state index is 10.8. The Balaban J connectivity index is 1.96. The van der Waals surface area contributed by atoms with Crippen molar-refractivity contribution >= 4 is 11.5 Å². The standard InChI is InChI=1S/C14H22N4O2/c1-3-17-7-5-4-6-12(17)9-15-14-8-11(2)13(10-16-14)18(19)20/h8,10,12H,3-7,9H2,1-2H3,(H,15,16). The fourth-order valence-corrected chi connectivity index (χ4v) is 2.77. The molecule has 1 aliphatic rings. The van der Waals surface area contributed by atoms with Gasteiger partial charge in [-0.05, 0) is 38.9 Å². The van der Waals surface area contributed by atoms with Gasteiger partial charge < -0.3 is 5.32 Å². The van der Waals surface area contributed by atoms with Gasteiger partial charge in [-0.15, -0.1) is 0 Å². The normalized spacial score (nSPS) is 19.8. The van der Waals surface area contributed by atoms with Gasteiger partial charge in [-0.3, -0.25) is 15.0 Å². The molecule has 1 unspecified atom stereocenters. The number of likely N-dealkylation sites (tertiary alicyclic amines) is 1. The summed E-state index contributed by atoms with van der Waals surface area (Å²) in [6.07, 6.45) is 5.08. The quantitative estimate of drug-likeness (QED) is 0.662. The molecule has 2 heterocycles. The average molecular weight is 278 g/mol. The van der Waals surface area contributed by atoms with E-state index >= 15 is 0 Å². The minimum atomic E-state index is -0.397. The molecule has 1 saturated heterocycles. The molecule has 0 amide bonds. The Morgan fingerprint density at radius 2 is 2.35 bits per heavy atom. The summed E-state index contributed by atoms with van der Waals surface area (Å²) in [5.41, 5.74) is 0.715. The summed E-state index contributed by atoms with van der Waals surface area (Å²) >= 11 is 0. The number of rotatable bonds is 5. The molecule has 0 radical (unpaired) electrons. The smallest absolute Gasteiger partial charge is 0.290 e. The Morgan fingerprint density at radius 3 is 3.00 bits per heavy atom. The average Bonchev–Trinajstić information content (AvgIpc) is 2.45. The monoisotopic (exact) mass is 278 g/mol. The van der Waals surface area contributed by atoms with Crippen molar-refractivity contribution in [1.29, 1.82) is 0 Å². The number of nitro groups is 1. The minimum absolute atomic E-state index is 0.0726. The van der Waals surface area contributed by atoms with Crippen molar-refractivity contribution in [2.75, 3.05) is 25.0 Å². The van der Waals surface area contributed by atoms with E-state index in [0.29, 0.717) is 11.6 Å². The van der Waals surface area contributed by atoms with E-state index in [9.17, 15) is 10.1 Å². The summed E-state index contributed by atoms with van der Waals surface area (Å²) in [7, 11) is 0. The topological polar surface area (TPSA) is 71.3 Å². The van der Waals surface area contributed by atoms with E-state index < -0.39 is 4.92 Å². The van der Waals surface area contributed by atoms with Crippen molar-refractivity contribution in [3.05, 3.63) is 27.9 Å². The van der Waals surface area contributed by atoms with Crippen molar-refractivity contribution in [3.63, 3.8) is 0 Å². The first-order valence-electron chi connectivity index (χ1n) is 7.20. The molecule has 6 nitrogen and oxygen atoms in total. The molecule has 0 spiro atoms. The highest BCUT2D eigenvalue weighted by Gasteiger charge is 2.20. The maximum atomic E-state index is 10.8. The zero-order valence-corrected chi connectivity index (χ0v) is 12.1. The number of hydrogen-bond acceptors (Lipinski definition) is 5. The second kappa shape index (κ2) is 6.65. The van der Waals surface area contributed by atoms with Gasteiger partial charge in [-0.2, -0.15) is 0 Å². The van der Waals surface area contributed by atoms with E-state index in [-0.39, 0.29) is 5.69 Å². The maximum Gasteiger partial charge on any atom is 0.290 e. The van der Waals surface area contributed by atoms with Crippen LogP contribution >= 0.6 is 0 Å². The number of pyridine rings is 1. The molecule has 1 fully saturated rings. The highest BCUT2D eigenvalue weighted by Crippen LogP contribution is 2.20. The Hall–Kier alpha value is -1.69. The molecule has 0 saturated carbocycles. The van der Waals surface area contributed by atoms with Crippen LogP contribution in [0.25, 0.3) is 0 Å². The molecule has 0 aromatic carbocycles. The number of nitrogens with zero attached hydrogens (tertiary/aromatic N) is 3. The molecule has 1 aromatic heterocycles.